The number of oxime groups is 1. The number of para-hydroxylation sites is 2. The van der Waals surface area contributed by atoms with Gasteiger partial charge in [0, 0.05) is 21.1 Å². The maximum Gasteiger partial charge on any atom is 0.186 e. The summed E-state index contributed by atoms with van der Waals surface area (Å²) in [6, 6.07) is 25.4. The summed E-state index contributed by atoms with van der Waals surface area (Å²) in [7, 11) is 0. The van der Waals surface area contributed by atoms with Crippen molar-refractivity contribution in [3.05, 3.63) is 98.7 Å². The second-order valence-corrected chi connectivity index (χ2v) is 8.26. The van der Waals surface area contributed by atoms with Gasteiger partial charge in [0.25, 0.3) is 0 Å². The monoisotopic (exact) mass is 524 g/mol. The number of hydrogen-bond acceptors (Lipinski definition) is 4. The Morgan fingerprint density at radius 2 is 1.60 bits per heavy atom. The van der Waals surface area contributed by atoms with Gasteiger partial charge in [-0.3, -0.25) is 0 Å². The Labute approximate surface area is 191 Å². The van der Waals surface area contributed by atoms with Gasteiger partial charge in [-0.15, -0.1) is 0 Å². The summed E-state index contributed by atoms with van der Waals surface area (Å²) in [5.74, 6) is 1.05. The molecule has 0 atom stereocenters. The van der Waals surface area contributed by atoms with Crippen molar-refractivity contribution in [2.75, 3.05) is 0 Å². The minimum Gasteiger partial charge on any atom is -0.410 e. The van der Waals surface area contributed by atoms with E-state index in [-0.39, 0.29) is 5.71 Å². The van der Waals surface area contributed by atoms with Crippen LogP contribution in [0.5, 0.6) is 0 Å². The lowest BCUT2D eigenvalue weighted by Gasteiger charge is -2.07. The fraction of sp³-hybridized carbons (Fsp3) is 0.0870. The molecule has 0 fully saturated rings. The van der Waals surface area contributed by atoms with E-state index in [0.717, 1.165) is 26.8 Å². The molecule has 1 heterocycles. The highest BCUT2D eigenvalue weighted by molar-refractivity contribution is 9.10. The third-order valence-corrected chi connectivity index (χ3v) is 5.48. The van der Waals surface area contributed by atoms with Gasteiger partial charge in [0.05, 0.1) is 11.0 Å². The molecular formula is C23H18Br2N4O. The first kappa shape index (κ1) is 21.8. The molecule has 0 aliphatic heterocycles. The van der Waals surface area contributed by atoms with Crippen LogP contribution in [0.4, 0.5) is 0 Å². The van der Waals surface area contributed by atoms with E-state index in [1.165, 1.54) is 11.1 Å². The van der Waals surface area contributed by atoms with E-state index in [2.05, 4.69) is 96.0 Å². The van der Waals surface area contributed by atoms with Crippen molar-refractivity contribution in [3.8, 4) is 6.07 Å². The van der Waals surface area contributed by atoms with Crippen molar-refractivity contribution in [3.63, 3.8) is 0 Å². The number of fused-ring (bicyclic) bond motifs is 1. The molecule has 3 aromatic carbocycles. The average molecular weight is 526 g/mol. The maximum atomic E-state index is 8.50. The van der Waals surface area contributed by atoms with Crippen molar-refractivity contribution < 1.29 is 5.21 Å². The topological polar surface area (TPSA) is 74.2 Å². The molecule has 30 heavy (non-hydrogen) atoms. The Balaban J connectivity index is 0.000000187. The minimum atomic E-state index is 0.0162. The Hall–Kier alpha value is -2.95. The van der Waals surface area contributed by atoms with E-state index < -0.39 is 0 Å². The van der Waals surface area contributed by atoms with Crippen LogP contribution < -0.4 is 0 Å². The lowest BCUT2D eigenvalue weighted by molar-refractivity contribution is 0.320. The predicted molar refractivity (Wildman–Crippen MR) is 126 cm³/mol. The summed E-state index contributed by atoms with van der Waals surface area (Å²) in [4.78, 5) is 4.58. The van der Waals surface area contributed by atoms with Gasteiger partial charge < -0.3 is 9.77 Å². The quantitative estimate of drug-likeness (QED) is 0.193. The van der Waals surface area contributed by atoms with Gasteiger partial charge in [-0.25, -0.2) is 4.98 Å². The van der Waals surface area contributed by atoms with Crippen LogP contribution >= 0.6 is 31.9 Å². The molecule has 4 aromatic rings. The SMILES string of the molecule is Cc1nc2ccccc2n1Cc1ccc(Br)cc1.N#C/C(=N\O)c1ccc(Br)cc1. The number of imidazole rings is 1. The van der Waals surface area contributed by atoms with E-state index in [1.54, 1.807) is 30.3 Å². The normalized spacial score (nSPS) is 10.9. The largest absolute Gasteiger partial charge is 0.410 e. The number of halogens is 2. The molecule has 0 unspecified atom stereocenters. The molecule has 0 radical (unpaired) electrons. The van der Waals surface area contributed by atoms with Crippen molar-refractivity contribution >= 4 is 48.6 Å². The third kappa shape index (κ3) is 5.35. The van der Waals surface area contributed by atoms with Crippen LogP contribution in [0.25, 0.3) is 11.0 Å². The van der Waals surface area contributed by atoms with E-state index in [0.29, 0.717) is 5.56 Å². The van der Waals surface area contributed by atoms with Crippen LogP contribution in [0.15, 0.2) is 86.9 Å². The number of aryl methyl sites for hydroxylation is 1. The number of rotatable bonds is 3. The standard InChI is InChI=1S/C15H13BrN2.C8H5BrN2O/c1-11-17-14-4-2-3-5-15(14)18(11)10-12-6-8-13(16)9-7-12;9-7-3-1-6(2-4-7)8(5-10)11-12/h2-9H,10H2,1H3;1-4,12H/b;11-8+. The molecule has 0 saturated heterocycles. The molecule has 0 amide bonds. The zero-order chi connectivity index (χ0) is 21.5. The van der Waals surface area contributed by atoms with Crippen LogP contribution in [0.3, 0.4) is 0 Å². The number of nitriles is 1. The van der Waals surface area contributed by atoms with E-state index >= 15 is 0 Å². The second-order valence-electron chi connectivity index (χ2n) is 6.43. The van der Waals surface area contributed by atoms with Gasteiger partial charge in [-0.05, 0) is 48.9 Å². The molecule has 1 aromatic heterocycles. The first-order valence-corrected chi connectivity index (χ1v) is 10.6. The van der Waals surface area contributed by atoms with E-state index in [4.69, 9.17) is 10.5 Å². The summed E-state index contributed by atoms with van der Waals surface area (Å²) >= 11 is 6.71. The molecule has 7 heteroatoms. The fourth-order valence-electron chi connectivity index (χ4n) is 2.92. The Morgan fingerprint density at radius 1 is 1.00 bits per heavy atom. The van der Waals surface area contributed by atoms with E-state index in [1.807, 2.05) is 6.07 Å². The fourth-order valence-corrected chi connectivity index (χ4v) is 3.45. The van der Waals surface area contributed by atoms with Gasteiger partial charge in [-0.2, -0.15) is 5.26 Å². The Morgan fingerprint density at radius 3 is 2.20 bits per heavy atom. The highest BCUT2D eigenvalue weighted by Crippen LogP contribution is 2.18. The molecule has 5 nitrogen and oxygen atoms in total. The average Bonchev–Trinajstić information content (AvgIpc) is 3.07. The van der Waals surface area contributed by atoms with Gasteiger partial charge in [0.1, 0.15) is 11.9 Å². The zero-order valence-corrected chi connectivity index (χ0v) is 19.3. The molecule has 0 saturated carbocycles. The first-order valence-electron chi connectivity index (χ1n) is 9.06. The van der Waals surface area contributed by atoms with Crippen molar-refractivity contribution in [1.82, 2.24) is 9.55 Å². The van der Waals surface area contributed by atoms with Crippen molar-refractivity contribution in [2.24, 2.45) is 5.16 Å². The highest BCUT2D eigenvalue weighted by atomic mass is 79.9. The van der Waals surface area contributed by atoms with Crippen molar-refractivity contribution in [2.45, 2.75) is 13.5 Å². The molecule has 4 rings (SSSR count). The maximum absolute atomic E-state index is 8.50. The van der Waals surface area contributed by atoms with Gasteiger partial charge in [0.2, 0.25) is 0 Å². The van der Waals surface area contributed by atoms with Gasteiger partial charge >= 0.3 is 0 Å². The summed E-state index contributed by atoms with van der Waals surface area (Å²) in [5, 5.41) is 19.7. The van der Waals surface area contributed by atoms with Crippen LogP contribution in [0, 0.1) is 18.3 Å². The molecule has 0 aliphatic carbocycles. The lowest BCUT2D eigenvalue weighted by atomic mass is 10.1. The minimum absolute atomic E-state index is 0.0162. The zero-order valence-electron chi connectivity index (χ0n) is 16.1. The van der Waals surface area contributed by atoms with Crippen LogP contribution in [0.2, 0.25) is 0 Å². The molecular weight excluding hydrogens is 508 g/mol. The lowest BCUT2D eigenvalue weighted by Crippen LogP contribution is -2.01. The third-order valence-electron chi connectivity index (χ3n) is 4.42. The number of aromatic nitrogens is 2. The Bertz CT molecular complexity index is 1210. The predicted octanol–water partition coefficient (Wildman–Crippen LogP) is 6.31. The number of hydrogen-bond donors (Lipinski definition) is 1. The van der Waals surface area contributed by atoms with Crippen LogP contribution in [-0.2, 0) is 6.54 Å². The highest BCUT2D eigenvalue weighted by Gasteiger charge is 2.06. The van der Waals surface area contributed by atoms with E-state index in [9.17, 15) is 0 Å². The molecule has 0 aliphatic rings. The molecule has 1 N–H and O–H groups in total. The summed E-state index contributed by atoms with van der Waals surface area (Å²) in [5.41, 5.74) is 4.15. The van der Waals surface area contributed by atoms with Crippen LogP contribution in [0.1, 0.15) is 17.0 Å². The molecule has 150 valence electrons. The summed E-state index contributed by atoms with van der Waals surface area (Å²) in [6.45, 7) is 2.92. The first-order chi connectivity index (χ1) is 14.5. The Kier molecular flexibility index (Phi) is 7.39. The number of nitrogens with zero attached hydrogens (tertiary/aromatic N) is 4. The number of benzene rings is 3. The molecule has 0 spiro atoms. The van der Waals surface area contributed by atoms with Crippen molar-refractivity contribution in [1.29, 1.82) is 5.26 Å². The van der Waals surface area contributed by atoms with Gasteiger partial charge in [-0.1, -0.05) is 73.4 Å². The smallest absolute Gasteiger partial charge is 0.186 e. The van der Waals surface area contributed by atoms with Crippen LogP contribution in [-0.4, -0.2) is 20.5 Å². The summed E-state index contributed by atoms with van der Waals surface area (Å²) in [6.07, 6.45) is 0. The second kappa shape index (κ2) is 10.2. The van der Waals surface area contributed by atoms with Gasteiger partial charge in [0.15, 0.2) is 5.71 Å². The summed E-state index contributed by atoms with van der Waals surface area (Å²) < 4.78 is 4.28. The molecule has 0 bridgehead atoms.